The molecule has 0 bridgehead atoms. The fraction of sp³-hybridized carbons (Fsp3) is 0.308. The van der Waals surface area contributed by atoms with E-state index in [9.17, 15) is 4.79 Å². The van der Waals surface area contributed by atoms with Crippen molar-refractivity contribution in [1.29, 1.82) is 0 Å². The Labute approximate surface area is 94.3 Å². The number of hydrogen-bond acceptors (Lipinski definition) is 3. The highest BCUT2D eigenvalue weighted by molar-refractivity contribution is 5.90. The highest BCUT2D eigenvalue weighted by atomic mass is 16.4. The molecule has 0 saturated carbocycles. The summed E-state index contributed by atoms with van der Waals surface area (Å²) in [7, 11) is 1.98. The van der Waals surface area contributed by atoms with Crippen molar-refractivity contribution in [2.75, 3.05) is 11.9 Å². The molecule has 0 aliphatic carbocycles. The lowest BCUT2D eigenvalue weighted by Gasteiger charge is -2.24. The van der Waals surface area contributed by atoms with Crippen LogP contribution in [0.5, 0.6) is 0 Å². The Bertz CT molecular complexity index is 557. The lowest BCUT2D eigenvalue weighted by molar-refractivity contribution is 0.560. The Balaban J connectivity index is 2.72. The van der Waals surface area contributed by atoms with Gasteiger partial charge in [-0.2, -0.15) is 0 Å². The topological polar surface area (TPSA) is 33.5 Å². The van der Waals surface area contributed by atoms with Crippen LogP contribution in [-0.4, -0.2) is 13.1 Å². The van der Waals surface area contributed by atoms with Crippen LogP contribution in [0.1, 0.15) is 13.8 Å². The summed E-state index contributed by atoms with van der Waals surface area (Å²) in [5, 5.41) is 0.971. The molecule has 3 heteroatoms. The summed E-state index contributed by atoms with van der Waals surface area (Å²) in [6.07, 6.45) is 0. The second-order valence-electron chi connectivity index (χ2n) is 4.15. The van der Waals surface area contributed by atoms with Gasteiger partial charge < -0.3 is 9.32 Å². The molecule has 0 radical (unpaired) electrons. The van der Waals surface area contributed by atoms with Crippen LogP contribution in [-0.2, 0) is 0 Å². The molecule has 16 heavy (non-hydrogen) atoms. The summed E-state index contributed by atoms with van der Waals surface area (Å²) in [5.41, 5.74) is 1.25. The third-order valence-electron chi connectivity index (χ3n) is 2.78. The number of rotatable bonds is 2. The highest BCUT2D eigenvalue weighted by Crippen LogP contribution is 2.24. The van der Waals surface area contributed by atoms with Gasteiger partial charge in [0.2, 0.25) is 0 Å². The van der Waals surface area contributed by atoms with Crippen molar-refractivity contribution in [2.45, 2.75) is 19.9 Å². The van der Waals surface area contributed by atoms with Crippen molar-refractivity contribution < 1.29 is 4.42 Å². The van der Waals surface area contributed by atoms with Gasteiger partial charge in [-0.15, -0.1) is 0 Å². The standard InChI is InChI=1S/C13H15NO2/c1-9(2)14(3)11-8-13(15)16-12-7-5-4-6-10(11)12/h4-9H,1-3H3. The minimum absolute atomic E-state index is 0.304. The van der Waals surface area contributed by atoms with Crippen LogP contribution in [0, 0.1) is 0 Å². The molecule has 2 rings (SSSR count). The second kappa shape index (κ2) is 4.00. The van der Waals surface area contributed by atoms with Gasteiger partial charge in [-0.25, -0.2) is 4.79 Å². The van der Waals surface area contributed by atoms with Crippen LogP contribution in [0.2, 0.25) is 0 Å². The predicted molar refractivity (Wildman–Crippen MR) is 66.0 cm³/mol. The number of para-hydroxylation sites is 1. The smallest absolute Gasteiger partial charge is 0.338 e. The van der Waals surface area contributed by atoms with Crippen molar-refractivity contribution in [3.8, 4) is 0 Å². The van der Waals surface area contributed by atoms with E-state index in [4.69, 9.17) is 4.42 Å². The van der Waals surface area contributed by atoms with Crippen LogP contribution in [0.3, 0.4) is 0 Å². The van der Waals surface area contributed by atoms with Crippen molar-refractivity contribution in [3.63, 3.8) is 0 Å². The molecule has 0 atom stereocenters. The maximum absolute atomic E-state index is 11.4. The normalized spacial score (nSPS) is 11.0. The molecule has 1 aromatic carbocycles. The average Bonchev–Trinajstić information content (AvgIpc) is 2.26. The van der Waals surface area contributed by atoms with Crippen LogP contribution >= 0.6 is 0 Å². The number of benzene rings is 1. The van der Waals surface area contributed by atoms with Crippen molar-refractivity contribution in [3.05, 3.63) is 40.8 Å². The summed E-state index contributed by atoms with van der Waals surface area (Å²) in [6.45, 7) is 4.17. The molecule has 1 aromatic heterocycles. The Morgan fingerprint density at radius 1 is 1.25 bits per heavy atom. The van der Waals surface area contributed by atoms with Gasteiger partial charge in [0, 0.05) is 24.5 Å². The molecule has 2 aromatic rings. The number of fused-ring (bicyclic) bond motifs is 1. The molecule has 0 spiro atoms. The molecule has 3 nitrogen and oxygen atoms in total. The number of nitrogens with zero attached hydrogens (tertiary/aromatic N) is 1. The van der Waals surface area contributed by atoms with Gasteiger partial charge in [0.15, 0.2) is 0 Å². The summed E-state index contributed by atoms with van der Waals surface area (Å²) in [5.74, 6) is 0. The maximum atomic E-state index is 11.4. The first-order valence-corrected chi connectivity index (χ1v) is 5.35. The van der Waals surface area contributed by atoms with Crippen LogP contribution < -0.4 is 10.5 Å². The van der Waals surface area contributed by atoms with Crippen LogP contribution in [0.25, 0.3) is 11.0 Å². The van der Waals surface area contributed by atoms with E-state index in [2.05, 4.69) is 18.7 Å². The SMILES string of the molecule is CC(C)N(C)c1cc(=O)oc2ccccc12. The molecule has 0 saturated heterocycles. The Morgan fingerprint density at radius 3 is 2.62 bits per heavy atom. The average molecular weight is 217 g/mol. The van der Waals surface area contributed by atoms with Gasteiger partial charge in [-0.05, 0) is 26.0 Å². The van der Waals surface area contributed by atoms with E-state index in [-0.39, 0.29) is 5.63 Å². The van der Waals surface area contributed by atoms with E-state index in [1.165, 1.54) is 0 Å². The fourth-order valence-corrected chi connectivity index (χ4v) is 1.66. The van der Waals surface area contributed by atoms with Gasteiger partial charge >= 0.3 is 5.63 Å². The van der Waals surface area contributed by atoms with Gasteiger partial charge in [0.25, 0.3) is 0 Å². The molecule has 0 aliphatic heterocycles. The minimum atomic E-state index is -0.304. The zero-order chi connectivity index (χ0) is 11.7. The maximum Gasteiger partial charge on any atom is 0.338 e. The molecule has 1 heterocycles. The van der Waals surface area contributed by atoms with Crippen molar-refractivity contribution in [1.82, 2.24) is 0 Å². The quantitative estimate of drug-likeness (QED) is 0.725. The van der Waals surface area contributed by atoms with E-state index in [1.54, 1.807) is 6.07 Å². The molecule has 0 aliphatic rings. The first-order valence-electron chi connectivity index (χ1n) is 5.35. The molecule has 84 valence electrons. The van der Waals surface area contributed by atoms with E-state index in [1.807, 2.05) is 31.3 Å². The third kappa shape index (κ3) is 1.81. The summed E-state index contributed by atoms with van der Waals surface area (Å²) >= 11 is 0. The molecular weight excluding hydrogens is 202 g/mol. The largest absolute Gasteiger partial charge is 0.423 e. The van der Waals surface area contributed by atoms with Gasteiger partial charge in [0.05, 0.1) is 5.69 Å². The van der Waals surface area contributed by atoms with E-state index in [0.717, 1.165) is 11.1 Å². The Kier molecular flexibility index (Phi) is 2.69. The summed E-state index contributed by atoms with van der Waals surface area (Å²) in [4.78, 5) is 13.5. The zero-order valence-electron chi connectivity index (χ0n) is 9.73. The van der Waals surface area contributed by atoms with Gasteiger partial charge in [0.1, 0.15) is 5.58 Å². The Hall–Kier alpha value is -1.77. The lowest BCUT2D eigenvalue weighted by atomic mass is 10.2. The first-order chi connectivity index (χ1) is 7.59. The summed E-state index contributed by atoms with van der Waals surface area (Å²) in [6, 6.07) is 9.47. The van der Waals surface area contributed by atoms with Gasteiger partial charge in [-0.1, -0.05) is 12.1 Å². The number of anilines is 1. The fourth-order valence-electron chi connectivity index (χ4n) is 1.66. The summed E-state index contributed by atoms with van der Waals surface area (Å²) < 4.78 is 5.15. The highest BCUT2D eigenvalue weighted by Gasteiger charge is 2.11. The van der Waals surface area contributed by atoms with Gasteiger partial charge in [-0.3, -0.25) is 0 Å². The van der Waals surface area contributed by atoms with E-state index >= 15 is 0 Å². The monoisotopic (exact) mass is 217 g/mol. The zero-order valence-corrected chi connectivity index (χ0v) is 9.73. The number of hydrogen-bond donors (Lipinski definition) is 0. The predicted octanol–water partition coefficient (Wildman–Crippen LogP) is 2.64. The second-order valence-corrected chi connectivity index (χ2v) is 4.15. The van der Waals surface area contributed by atoms with Crippen molar-refractivity contribution in [2.24, 2.45) is 0 Å². The lowest BCUT2D eigenvalue weighted by Crippen LogP contribution is -2.26. The molecule has 0 amide bonds. The molecular formula is C13H15NO2. The third-order valence-corrected chi connectivity index (χ3v) is 2.78. The molecule has 0 N–H and O–H groups in total. The Morgan fingerprint density at radius 2 is 1.94 bits per heavy atom. The van der Waals surface area contributed by atoms with E-state index < -0.39 is 0 Å². The van der Waals surface area contributed by atoms with Crippen LogP contribution in [0.15, 0.2) is 39.5 Å². The molecule has 0 fully saturated rings. The first kappa shape index (κ1) is 10.7. The van der Waals surface area contributed by atoms with E-state index in [0.29, 0.717) is 11.6 Å². The molecule has 0 unspecified atom stereocenters. The van der Waals surface area contributed by atoms with Crippen LogP contribution in [0.4, 0.5) is 5.69 Å². The minimum Gasteiger partial charge on any atom is -0.423 e. The van der Waals surface area contributed by atoms with Crippen molar-refractivity contribution >= 4 is 16.7 Å².